The van der Waals surface area contributed by atoms with E-state index in [-0.39, 0.29) is 0 Å². The predicted octanol–water partition coefficient (Wildman–Crippen LogP) is 2.45. The average molecular weight is 262 g/mol. The molecule has 19 heavy (non-hydrogen) atoms. The zero-order chi connectivity index (χ0) is 13.7. The molecule has 0 radical (unpaired) electrons. The standard InChI is InChI=1S/C16H26N2O/c1-13-6-4-7-16(10-13)19-9-5-8-18-11-14(2)17-15(3)12-18/h4,6-7,10,14-15,17H,5,8-9,11-12H2,1-3H3. The highest BCUT2D eigenvalue weighted by molar-refractivity contribution is 5.27. The van der Waals surface area contributed by atoms with Crippen LogP contribution >= 0.6 is 0 Å². The quantitative estimate of drug-likeness (QED) is 0.825. The van der Waals surface area contributed by atoms with Crippen LogP contribution in [0, 0.1) is 6.92 Å². The van der Waals surface area contributed by atoms with E-state index in [1.165, 1.54) is 5.56 Å². The second kappa shape index (κ2) is 6.92. The van der Waals surface area contributed by atoms with Gasteiger partial charge in [-0.25, -0.2) is 0 Å². The maximum atomic E-state index is 5.79. The van der Waals surface area contributed by atoms with Crippen LogP contribution in [0.15, 0.2) is 24.3 Å². The summed E-state index contributed by atoms with van der Waals surface area (Å²) in [5.41, 5.74) is 1.25. The Kier molecular flexibility index (Phi) is 5.23. The minimum absolute atomic E-state index is 0.599. The Bertz CT molecular complexity index is 384. The number of benzene rings is 1. The first kappa shape index (κ1) is 14.4. The van der Waals surface area contributed by atoms with Crippen molar-refractivity contribution in [3.8, 4) is 5.75 Å². The second-order valence-corrected chi connectivity index (χ2v) is 5.75. The third kappa shape index (κ3) is 4.84. The van der Waals surface area contributed by atoms with E-state index in [9.17, 15) is 0 Å². The summed E-state index contributed by atoms with van der Waals surface area (Å²) < 4.78 is 5.79. The van der Waals surface area contributed by atoms with Crippen molar-refractivity contribution in [1.29, 1.82) is 0 Å². The molecule has 0 bridgehead atoms. The molecular weight excluding hydrogens is 236 g/mol. The van der Waals surface area contributed by atoms with Crippen molar-refractivity contribution in [2.75, 3.05) is 26.2 Å². The van der Waals surface area contributed by atoms with E-state index in [1.807, 2.05) is 12.1 Å². The molecule has 1 aliphatic heterocycles. The van der Waals surface area contributed by atoms with Crippen molar-refractivity contribution in [3.63, 3.8) is 0 Å². The van der Waals surface area contributed by atoms with Gasteiger partial charge < -0.3 is 15.0 Å². The van der Waals surface area contributed by atoms with Crippen LogP contribution in [0.25, 0.3) is 0 Å². The highest BCUT2D eigenvalue weighted by atomic mass is 16.5. The van der Waals surface area contributed by atoms with Crippen LogP contribution in [-0.4, -0.2) is 43.2 Å². The molecule has 0 spiro atoms. The zero-order valence-electron chi connectivity index (χ0n) is 12.4. The van der Waals surface area contributed by atoms with Gasteiger partial charge in [-0.1, -0.05) is 12.1 Å². The van der Waals surface area contributed by atoms with Gasteiger partial charge in [-0.05, 0) is 44.9 Å². The summed E-state index contributed by atoms with van der Waals surface area (Å²) in [6.07, 6.45) is 1.09. The van der Waals surface area contributed by atoms with Gasteiger partial charge in [0, 0.05) is 31.7 Å². The van der Waals surface area contributed by atoms with Gasteiger partial charge in [0.2, 0.25) is 0 Å². The number of hydrogen-bond donors (Lipinski definition) is 1. The summed E-state index contributed by atoms with van der Waals surface area (Å²) in [7, 11) is 0. The van der Waals surface area contributed by atoms with Crippen molar-refractivity contribution in [2.45, 2.75) is 39.3 Å². The number of ether oxygens (including phenoxy) is 1. The monoisotopic (exact) mass is 262 g/mol. The van der Waals surface area contributed by atoms with Crippen LogP contribution in [-0.2, 0) is 0 Å². The Morgan fingerprint density at radius 1 is 1.26 bits per heavy atom. The lowest BCUT2D eigenvalue weighted by Gasteiger charge is -2.36. The van der Waals surface area contributed by atoms with Crippen molar-refractivity contribution >= 4 is 0 Å². The zero-order valence-corrected chi connectivity index (χ0v) is 12.4. The van der Waals surface area contributed by atoms with Crippen LogP contribution in [0.5, 0.6) is 5.75 Å². The lowest BCUT2D eigenvalue weighted by Crippen LogP contribution is -2.54. The number of piperazine rings is 1. The molecule has 1 fully saturated rings. The molecule has 2 atom stereocenters. The van der Waals surface area contributed by atoms with Crippen molar-refractivity contribution in [1.82, 2.24) is 10.2 Å². The Balaban J connectivity index is 1.66. The van der Waals surface area contributed by atoms with E-state index < -0.39 is 0 Å². The molecule has 3 nitrogen and oxygen atoms in total. The fourth-order valence-electron chi connectivity index (χ4n) is 2.81. The van der Waals surface area contributed by atoms with Crippen LogP contribution in [0.4, 0.5) is 0 Å². The first-order valence-corrected chi connectivity index (χ1v) is 7.31. The molecule has 2 unspecified atom stereocenters. The van der Waals surface area contributed by atoms with Crippen LogP contribution < -0.4 is 10.1 Å². The van der Waals surface area contributed by atoms with E-state index in [1.54, 1.807) is 0 Å². The molecule has 0 aliphatic carbocycles. The lowest BCUT2D eigenvalue weighted by atomic mass is 10.1. The Labute approximate surface area is 116 Å². The topological polar surface area (TPSA) is 24.5 Å². The smallest absolute Gasteiger partial charge is 0.119 e. The number of nitrogens with one attached hydrogen (secondary N) is 1. The summed E-state index contributed by atoms with van der Waals surface area (Å²) in [6.45, 7) is 10.8. The first-order valence-electron chi connectivity index (χ1n) is 7.31. The molecule has 0 aromatic heterocycles. The van der Waals surface area contributed by atoms with Gasteiger partial charge >= 0.3 is 0 Å². The molecule has 2 rings (SSSR count). The molecular formula is C16H26N2O. The van der Waals surface area contributed by atoms with Crippen LogP contribution in [0.2, 0.25) is 0 Å². The largest absolute Gasteiger partial charge is 0.494 e. The molecule has 1 aliphatic rings. The lowest BCUT2D eigenvalue weighted by molar-refractivity contribution is 0.161. The number of aryl methyl sites for hydroxylation is 1. The fourth-order valence-corrected chi connectivity index (χ4v) is 2.81. The summed E-state index contributed by atoms with van der Waals surface area (Å²) in [6, 6.07) is 9.46. The number of hydrogen-bond acceptors (Lipinski definition) is 3. The highest BCUT2D eigenvalue weighted by Crippen LogP contribution is 2.12. The number of rotatable bonds is 5. The molecule has 0 amide bonds. The molecule has 106 valence electrons. The molecule has 1 aromatic rings. The normalized spacial score (nSPS) is 24.4. The van der Waals surface area contributed by atoms with E-state index in [2.05, 4.69) is 43.1 Å². The Morgan fingerprint density at radius 2 is 2.00 bits per heavy atom. The summed E-state index contributed by atoms with van der Waals surface area (Å²) in [5, 5.41) is 3.56. The Hall–Kier alpha value is -1.06. The van der Waals surface area contributed by atoms with E-state index in [0.29, 0.717) is 12.1 Å². The minimum Gasteiger partial charge on any atom is -0.494 e. The third-order valence-electron chi connectivity index (χ3n) is 3.51. The van der Waals surface area contributed by atoms with Crippen molar-refractivity contribution in [2.24, 2.45) is 0 Å². The molecule has 1 saturated heterocycles. The van der Waals surface area contributed by atoms with Crippen molar-refractivity contribution in [3.05, 3.63) is 29.8 Å². The molecule has 1 aromatic carbocycles. The van der Waals surface area contributed by atoms with Gasteiger partial charge in [0.1, 0.15) is 5.75 Å². The van der Waals surface area contributed by atoms with E-state index >= 15 is 0 Å². The molecule has 3 heteroatoms. The average Bonchev–Trinajstić information content (AvgIpc) is 2.34. The fraction of sp³-hybridized carbons (Fsp3) is 0.625. The second-order valence-electron chi connectivity index (χ2n) is 5.75. The SMILES string of the molecule is Cc1cccc(OCCCN2CC(C)NC(C)C2)c1. The van der Waals surface area contributed by atoms with Crippen molar-refractivity contribution < 1.29 is 4.74 Å². The molecule has 0 saturated carbocycles. The summed E-state index contributed by atoms with van der Waals surface area (Å²) in [5.74, 6) is 0.988. The van der Waals surface area contributed by atoms with Gasteiger partial charge in [0.05, 0.1) is 6.61 Å². The van der Waals surface area contributed by atoms with E-state index in [4.69, 9.17) is 4.74 Å². The summed E-state index contributed by atoms with van der Waals surface area (Å²) >= 11 is 0. The van der Waals surface area contributed by atoms with Crippen LogP contribution in [0.1, 0.15) is 25.8 Å². The van der Waals surface area contributed by atoms with Gasteiger partial charge in [-0.15, -0.1) is 0 Å². The first-order chi connectivity index (χ1) is 9.13. The van der Waals surface area contributed by atoms with Crippen LogP contribution in [0.3, 0.4) is 0 Å². The van der Waals surface area contributed by atoms with Gasteiger partial charge in [-0.2, -0.15) is 0 Å². The molecule has 1 heterocycles. The third-order valence-corrected chi connectivity index (χ3v) is 3.51. The van der Waals surface area contributed by atoms with Gasteiger partial charge in [0.15, 0.2) is 0 Å². The maximum Gasteiger partial charge on any atom is 0.119 e. The van der Waals surface area contributed by atoms with Gasteiger partial charge in [0.25, 0.3) is 0 Å². The number of nitrogens with zero attached hydrogens (tertiary/aromatic N) is 1. The minimum atomic E-state index is 0.599. The predicted molar refractivity (Wildman–Crippen MR) is 79.8 cm³/mol. The summed E-state index contributed by atoms with van der Waals surface area (Å²) in [4.78, 5) is 2.53. The maximum absolute atomic E-state index is 5.79. The molecule has 1 N–H and O–H groups in total. The Morgan fingerprint density at radius 3 is 2.68 bits per heavy atom. The van der Waals surface area contributed by atoms with E-state index in [0.717, 1.165) is 38.4 Å². The highest BCUT2D eigenvalue weighted by Gasteiger charge is 2.19. The van der Waals surface area contributed by atoms with Gasteiger partial charge in [-0.3, -0.25) is 0 Å².